The van der Waals surface area contributed by atoms with Crippen LogP contribution >= 0.6 is 0 Å². The Balaban J connectivity index is 1.36. The first-order chi connectivity index (χ1) is 14.1. The van der Waals surface area contributed by atoms with E-state index in [0.29, 0.717) is 31.6 Å². The van der Waals surface area contributed by atoms with E-state index in [4.69, 9.17) is 0 Å². The van der Waals surface area contributed by atoms with Gasteiger partial charge in [-0.05, 0) is 49.2 Å². The molecule has 0 saturated carbocycles. The molecule has 1 aromatic carbocycles. The van der Waals surface area contributed by atoms with Crippen LogP contribution in [0.2, 0.25) is 0 Å². The van der Waals surface area contributed by atoms with Gasteiger partial charge in [-0.25, -0.2) is 8.42 Å². The lowest BCUT2D eigenvalue weighted by Gasteiger charge is -2.25. The lowest BCUT2D eigenvalue weighted by molar-refractivity contribution is 0.0954. The molecule has 0 unspecified atom stereocenters. The zero-order valence-corrected chi connectivity index (χ0v) is 16.8. The fourth-order valence-electron chi connectivity index (χ4n) is 3.48. The van der Waals surface area contributed by atoms with Crippen molar-refractivity contribution in [3.63, 3.8) is 0 Å². The number of benzene rings is 1. The van der Waals surface area contributed by atoms with Crippen molar-refractivity contribution in [2.24, 2.45) is 0 Å². The molecule has 0 spiro atoms. The van der Waals surface area contributed by atoms with Crippen LogP contribution in [0.25, 0.3) is 5.65 Å². The summed E-state index contributed by atoms with van der Waals surface area (Å²) in [6.07, 6.45) is 5.27. The molecule has 1 saturated heterocycles. The minimum absolute atomic E-state index is 0.228. The standard InChI is InChI=1S/C20H23N5O3S/c26-20(21-12-11-19-23-22-18-6-2-5-15-25(18)19)16-7-9-17(10-8-16)29(27,28)24-13-3-1-4-14-24/h2,5-10,15H,1,3-4,11-14H2,(H,21,26). The lowest BCUT2D eigenvalue weighted by atomic mass is 10.2. The molecule has 29 heavy (non-hydrogen) atoms. The predicted octanol–water partition coefficient (Wildman–Crippen LogP) is 1.88. The Morgan fingerprint density at radius 2 is 1.76 bits per heavy atom. The van der Waals surface area contributed by atoms with Gasteiger partial charge >= 0.3 is 0 Å². The Morgan fingerprint density at radius 3 is 2.52 bits per heavy atom. The van der Waals surface area contributed by atoms with Crippen molar-refractivity contribution >= 4 is 21.6 Å². The van der Waals surface area contributed by atoms with Crippen LogP contribution < -0.4 is 5.32 Å². The van der Waals surface area contributed by atoms with E-state index < -0.39 is 10.0 Å². The Labute approximate surface area is 169 Å². The molecule has 0 radical (unpaired) electrons. The van der Waals surface area contributed by atoms with Gasteiger partial charge in [-0.3, -0.25) is 9.20 Å². The molecular formula is C20H23N5O3S. The number of nitrogens with one attached hydrogen (secondary N) is 1. The molecular weight excluding hydrogens is 390 g/mol. The average molecular weight is 414 g/mol. The quantitative estimate of drug-likeness (QED) is 0.666. The summed E-state index contributed by atoms with van der Waals surface area (Å²) in [6.45, 7) is 1.52. The van der Waals surface area contributed by atoms with E-state index in [-0.39, 0.29) is 10.8 Å². The number of amides is 1. The third-order valence-corrected chi connectivity index (χ3v) is 7.00. The maximum atomic E-state index is 12.7. The number of rotatable bonds is 6. The van der Waals surface area contributed by atoms with Crippen molar-refractivity contribution in [2.75, 3.05) is 19.6 Å². The predicted molar refractivity (Wildman–Crippen MR) is 108 cm³/mol. The third-order valence-electron chi connectivity index (χ3n) is 5.09. The van der Waals surface area contributed by atoms with Gasteiger partial charge in [0.15, 0.2) is 5.65 Å². The van der Waals surface area contributed by atoms with E-state index in [2.05, 4.69) is 15.5 Å². The van der Waals surface area contributed by atoms with Crippen LogP contribution in [-0.2, 0) is 16.4 Å². The van der Waals surface area contributed by atoms with Crippen molar-refractivity contribution in [1.82, 2.24) is 24.2 Å². The van der Waals surface area contributed by atoms with E-state index in [0.717, 1.165) is 30.7 Å². The van der Waals surface area contributed by atoms with Gasteiger partial charge in [-0.15, -0.1) is 10.2 Å². The summed E-state index contributed by atoms with van der Waals surface area (Å²) in [6, 6.07) is 11.8. The first-order valence-electron chi connectivity index (χ1n) is 9.73. The van der Waals surface area contributed by atoms with Gasteiger partial charge in [0.25, 0.3) is 5.91 Å². The highest BCUT2D eigenvalue weighted by atomic mass is 32.2. The van der Waals surface area contributed by atoms with E-state index in [1.807, 2.05) is 28.8 Å². The molecule has 0 bridgehead atoms. The smallest absolute Gasteiger partial charge is 0.251 e. The highest BCUT2D eigenvalue weighted by Gasteiger charge is 2.25. The maximum absolute atomic E-state index is 12.7. The fraction of sp³-hybridized carbons (Fsp3) is 0.350. The van der Waals surface area contributed by atoms with Crippen LogP contribution in [0.15, 0.2) is 53.6 Å². The van der Waals surface area contributed by atoms with Crippen LogP contribution in [0.4, 0.5) is 0 Å². The number of fused-ring (bicyclic) bond motifs is 1. The van der Waals surface area contributed by atoms with E-state index in [9.17, 15) is 13.2 Å². The number of pyridine rings is 1. The minimum atomic E-state index is -3.49. The average Bonchev–Trinajstić information content (AvgIpc) is 3.17. The SMILES string of the molecule is O=C(NCCc1nnc2ccccn12)c1ccc(S(=O)(=O)N2CCCCC2)cc1. The van der Waals surface area contributed by atoms with Crippen LogP contribution in [-0.4, -0.2) is 52.9 Å². The Kier molecular flexibility index (Phi) is 5.59. The molecule has 3 aromatic rings. The van der Waals surface area contributed by atoms with E-state index in [1.54, 1.807) is 12.1 Å². The molecule has 1 N–H and O–H groups in total. The number of carbonyl (C=O) groups is 1. The number of hydrogen-bond acceptors (Lipinski definition) is 5. The second-order valence-electron chi connectivity index (χ2n) is 7.04. The maximum Gasteiger partial charge on any atom is 0.251 e. The molecule has 1 fully saturated rings. The Bertz CT molecular complexity index is 1100. The van der Waals surface area contributed by atoms with Gasteiger partial charge in [0, 0.05) is 37.8 Å². The van der Waals surface area contributed by atoms with Gasteiger partial charge in [0.2, 0.25) is 10.0 Å². The highest BCUT2D eigenvalue weighted by Crippen LogP contribution is 2.20. The first-order valence-corrected chi connectivity index (χ1v) is 11.2. The molecule has 4 rings (SSSR count). The molecule has 3 heterocycles. The number of piperidine rings is 1. The Hall–Kier alpha value is -2.78. The third kappa shape index (κ3) is 4.15. The number of sulfonamides is 1. The second kappa shape index (κ2) is 8.30. The lowest BCUT2D eigenvalue weighted by Crippen LogP contribution is -2.35. The van der Waals surface area contributed by atoms with Gasteiger partial charge < -0.3 is 5.32 Å². The number of aromatic nitrogens is 3. The first kappa shape index (κ1) is 19.5. The minimum Gasteiger partial charge on any atom is -0.352 e. The number of hydrogen-bond donors (Lipinski definition) is 1. The summed E-state index contributed by atoms with van der Waals surface area (Å²) in [5.74, 6) is 0.518. The normalized spacial score (nSPS) is 15.4. The molecule has 1 aliphatic rings. The summed E-state index contributed by atoms with van der Waals surface area (Å²) < 4.78 is 28.8. The van der Waals surface area contributed by atoms with Crippen LogP contribution in [0.3, 0.4) is 0 Å². The molecule has 1 aliphatic heterocycles. The van der Waals surface area contributed by atoms with E-state index >= 15 is 0 Å². The van der Waals surface area contributed by atoms with Crippen molar-refractivity contribution in [1.29, 1.82) is 0 Å². The zero-order chi connectivity index (χ0) is 20.3. The number of carbonyl (C=O) groups excluding carboxylic acids is 1. The fourth-order valence-corrected chi connectivity index (χ4v) is 5.00. The summed E-state index contributed by atoms with van der Waals surface area (Å²) in [5.41, 5.74) is 1.19. The highest BCUT2D eigenvalue weighted by molar-refractivity contribution is 7.89. The zero-order valence-electron chi connectivity index (χ0n) is 16.0. The monoisotopic (exact) mass is 413 g/mol. The van der Waals surface area contributed by atoms with E-state index in [1.165, 1.54) is 16.4 Å². The molecule has 152 valence electrons. The molecule has 9 heteroatoms. The summed E-state index contributed by atoms with van der Waals surface area (Å²) in [7, 11) is -3.49. The van der Waals surface area contributed by atoms with Crippen molar-refractivity contribution in [3.8, 4) is 0 Å². The van der Waals surface area contributed by atoms with Crippen molar-refractivity contribution in [2.45, 2.75) is 30.6 Å². The van der Waals surface area contributed by atoms with Crippen LogP contribution in [0, 0.1) is 0 Å². The summed E-state index contributed by atoms with van der Waals surface area (Å²) in [4.78, 5) is 12.6. The molecule has 8 nitrogen and oxygen atoms in total. The number of nitrogens with zero attached hydrogens (tertiary/aromatic N) is 4. The molecule has 0 atom stereocenters. The summed E-state index contributed by atoms with van der Waals surface area (Å²) >= 11 is 0. The van der Waals surface area contributed by atoms with Crippen molar-refractivity contribution < 1.29 is 13.2 Å². The van der Waals surface area contributed by atoms with Gasteiger partial charge in [-0.2, -0.15) is 4.31 Å². The molecule has 0 aliphatic carbocycles. The Morgan fingerprint density at radius 1 is 1.00 bits per heavy atom. The second-order valence-corrected chi connectivity index (χ2v) is 8.98. The van der Waals surface area contributed by atoms with Crippen molar-refractivity contribution in [3.05, 3.63) is 60.0 Å². The van der Waals surface area contributed by atoms with Crippen LogP contribution in [0.5, 0.6) is 0 Å². The molecule has 2 aromatic heterocycles. The van der Waals surface area contributed by atoms with Gasteiger partial charge in [-0.1, -0.05) is 12.5 Å². The summed E-state index contributed by atoms with van der Waals surface area (Å²) in [5, 5.41) is 11.1. The van der Waals surface area contributed by atoms with Crippen LogP contribution in [0.1, 0.15) is 35.4 Å². The van der Waals surface area contributed by atoms with Gasteiger partial charge in [0.1, 0.15) is 5.82 Å². The largest absolute Gasteiger partial charge is 0.352 e. The topological polar surface area (TPSA) is 96.7 Å². The molecule has 1 amide bonds. The van der Waals surface area contributed by atoms with Gasteiger partial charge in [0.05, 0.1) is 4.90 Å².